The maximum absolute atomic E-state index is 11.1. The summed E-state index contributed by atoms with van der Waals surface area (Å²) in [4.78, 5) is 21.5. The van der Waals surface area contributed by atoms with E-state index in [1.807, 2.05) is 36.4 Å². The summed E-state index contributed by atoms with van der Waals surface area (Å²) in [6, 6.07) is 13.8. The van der Waals surface area contributed by atoms with E-state index in [1.54, 1.807) is 7.11 Å². The van der Waals surface area contributed by atoms with E-state index in [9.17, 15) is 9.59 Å². The number of carbonyl (C=O) groups excluding carboxylic acids is 2. The summed E-state index contributed by atoms with van der Waals surface area (Å²) in [5, 5.41) is 0. The van der Waals surface area contributed by atoms with Crippen molar-refractivity contribution in [1.82, 2.24) is 0 Å². The van der Waals surface area contributed by atoms with Crippen LogP contribution in [0.4, 0.5) is 0 Å². The molecule has 0 aromatic heterocycles. The Morgan fingerprint density at radius 2 is 1.76 bits per heavy atom. The number of rotatable bonds is 6. The normalized spacial score (nSPS) is 10.2. The van der Waals surface area contributed by atoms with Crippen molar-refractivity contribution in [2.24, 2.45) is 0 Å². The van der Waals surface area contributed by atoms with Gasteiger partial charge in [-0.05, 0) is 40.8 Å². The van der Waals surface area contributed by atoms with Crippen molar-refractivity contribution in [2.45, 2.75) is 19.8 Å². The number of methoxy groups -OCH3 is 1. The molecule has 0 saturated carbocycles. The summed E-state index contributed by atoms with van der Waals surface area (Å²) >= 11 is 0. The molecule has 2 rings (SSSR count). The van der Waals surface area contributed by atoms with Gasteiger partial charge in [0.2, 0.25) is 0 Å². The van der Waals surface area contributed by atoms with Crippen LogP contribution in [-0.2, 0) is 22.4 Å². The van der Waals surface area contributed by atoms with Gasteiger partial charge in [-0.3, -0.25) is 9.59 Å². The monoisotopic (exact) mass is 282 g/mol. The van der Waals surface area contributed by atoms with Gasteiger partial charge in [0.1, 0.15) is 5.75 Å². The summed E-state index contributed by atoms with van der Waals surface area (Å²) in [6.45, 7) is 2.09. The zero-order valence-corrected chi connectivity index (χ0v) is 12.3. The van der Waals surface area contributed by atoms with E-state index in [0.717, 1.165) is 34.4 Å². The topological polar surface area (TPSA) is 43.4 Å². The van der Waals surface area contributed by atoms with E-state index in [1.165, 1.54) is 0 Å². The molecule has 0 fully saturated rings. The van der Waals surface area contributed by atoms with Crippen molar-refractivity contribution in [3.8, 4) is 16.9 Å². The molecule has 0 heterocycles. The number of ether oxygens (including phenoxy) is 1. The number of hydrogen-bond acceptors (Lipinski definition) is 3. The Labute approximate surface area is 124 Å². The average molecular weight is 282 g/mol. The summed E-state index contributed by atoms with van der Waals surface area (Å²) in [5.74, 6) is 0.495. The van der Waals surface area contributed by atoms with Crippen molar-refractivity contribution in [3.63, 3.8) is 0 Å². The molecule has 3 heteroatoms. The number of carbonyl (C=O) groups is 2. The number of benzene rings is 2. The van der Waals surface area contributed by atoms with Gasteiger partial charge in [0.15, 0.2) is 12.1 Å². The fourth-order valence-electron chi connectivity index (χ4n) is 2.29. The molecular weight excluding hydrogens is 264 g/mol. The molecule has 0 saturated heterocycles. The predicted molar refractivity (Wildman–Crippen MR) is 82.6 cm³/mol. The van der Waals surface area contributed by atoms with E-state index in [4.69, 9.17) is 4.74 Å². The highest BCUT2D eigenvalue weighted by atomic mass is 16.5. The van der Waals surface area contributed by atoms with Gasteiger partial charge in [0.25, 0.3) is 0 Å². The van der Waals surface area contributed by atoms with Crippen molar-refractivity contribution in [2.75, 3.05) is 7.11 Å². The van der Waals surface area contributed by atoms with Crippen LogP contribution in [0, 0.1) is 0 Å². The molecule has 0 atom stereocenters. The molecule has 0 aliphatic rings. The first-order chi connectivity index (χ1) is 10.2. The molecular formula is C18H18O3. The van der Waals surface area contributed by atoms with Gasteiger partial charge in [-0.1, -0.05) is 37.3 Å². The molecule has 2 aromatic carbocycles. The molecule has 0 N–H and O–H groups in total. The van der Waals surface area contributed by atoms with Gasteiger partial charge < -0.3 is 4.74 Å². The van der Waals surface area contributed by atoms with E-state index in [0.29, 0.717) is 6.29 Å². The molecule has 108 valence electrons. The number of Topliss-reactive ketones (excluding diaryl/α,β-unsaturated/α-hetero) is 1. The molecule has 0 aliphatic carbocycles. The van der Waals surface area contributed by atoms with Crippen LogP contribution < -0.4 is 4.74 Å². The minimum absolute atomic E-state index is 0.159. The van der Waals surface area contributed by atoms with Gasteiger partial charge in [-0.2, -0.15) is 0 Å². The first kappa shape index (κ1) is 15.0. The Kier molecular flexibility index (Phi) is 4.88. The molecule has 2 aromatic rings. The molecule has 0 amide bonds. The van der Waals surface area contributed by atoms with Crippen LogP contribution in [0.5, 0.6) is 5.75 Å². The largest absolute Gasteiger partial charge is 0.496 e. The third-order valence-corrected chi connectivity index (χ3v) is 3.46. The number of aryl methyl sites for hydroxylation is 1. The van der Waals surface area contributed by atoms with Crippen LogP contribution in [-0.4, -0.2) is 19.2 Å². The highest BCUT2D eigenvalue weighted by Gasteiger charge is 2.06. The minimum atomic E-state index is -0.402. The molecule has 21 heavy (non-hydrogen) atoms. The standard InChI is InChI=1S/C18H18O3/c1-3-14-11-16(8-9-18(14)21-2)15-6-4-13(5-7-15)10-17(20)12-19/h4-9,11-12H,3,10H2,1-2H3. The van der Waals surface area contributed by atoms with Crippen LogP contribution in [0.2, 0.25) is 0 Å². The first-order valence-corrected chi connectivity index (χ1v) is 6.92. The Morgan fingerprint density at radius 1 is 1.10 bits per heavy atom. The lowest BCUT2D eigenvalue weighted by Crippen LogP contribution is -2.02. The van der Waals surface area contributed by atoms with Crippen LogP contribution >= 0.6 is 0 Å². The first-order valence-electron chi connectivity index (χ1n) is 6.92. The van der Waals surface area contributed by atoms with Crippen LogP contribution in [0.15, 0.2) is 42.5 Å². The molecule has 0 unspecified atom stereocenters. The Hall–Kier alpha value is -2.42. The average Bonchev–Trinajstić information content (AvgIpc) is 2.54. The van der Waals surface area contributed by atoms with Crippen molar-refractivity contribution in [3.05, 3.63) is 53.6 Å². The zero-order valence-electron chi connectivity index (χ0n) is 12.3. The molecule has 0 spiro atoms. The fourth-order valence-corrected chi connectivity index (χ4v) is 2.29. The molecule has 0 radical (unpaired) electrons. The Morgan fingerprint density at radius 3 is 2.33 bits per heavy atom. The lowest BCUT2D eigenvalue weighted by Gasteiger charge is -2.10. The quantitative estimate of drug-likeness (QED) is 0.603. The van der Waals surface area contributed by atoms with Crippen LogP contribution in [0.1, 0.15) is 18.1 Å². The Bertz CT molecular complexity index is 642. The molecule has 3 nitrogen and oxygen atoms in total. The van der Waals surface area contributed by atoms with Gasteiger partial charge in [0.05, 0.1) is 7.11 Å². The lowest BCUT2D eigenvalue weighted by atomic mass is 9.99. The van der Waals surface area contributed by atoms with E-state index < -0.39 is 5.78 Å². The fraction of sp³-hybridized carbons (Fsp3) is 0.222. The van der Waals surface area contributed by atoms with Gasteiger partial charge in [-0.25, -0.2) is 0 Å². The van der Waals surface area contributed by atoms with Crippen LogP contribution in [0.25, 0.3) is 11.1 Å². The lowest BCUT2D eigenvalue weighted by molar-refractivity contribution is -0.129. The number of hydrogen-bond donors (Lipinski definition) is 0. The second-order valence-corrected chi connectivity index (χ2v) is 4.84. The van der Waals surface area contributed by atoms with Gasteiger partial charge in [-0.15, -0.1) is 0 Å². The third kappa shape index (κ3) is 3.57. The predicted octanol–water partition coefficient (Wildman–Crippen LogP) is 3.24. The second-order valence-electron chi connectivity index (χ2n) is 4.84. The maximum Gasteiger partial charge on any atom is 0.199 e. The summed E-state index contributed by atoms with van der Waals surface area (Å²) in [7, 11) is 1.67. The van der Waals surface area contributed by atoms with Crippen LogP contribution in [0.3, 0.4) is 0 Å². The third-order valence-electron chi connectivity index (χ3n) is 3.46. The van der Waals surface area contributed by atoms with E-state index in [-0.39, 0.29) is 6.42 Å². The van der Waals surface area contributed by atoms with Crippen molar-refractivity contribution in [1.29, 1.82) is 0 Å². The van der Waals surface area contributed by atoms with E-state index >= 15 is 0 Å². The summed E-state index contributed by atoms with van der Waals surface area (Å²) in [6.07, 6.45) is 1.43. The Balaban J connectivity index is 2.26. The van der Waals surface area contributed by atoms with Gasteiger partial charge in [0, 0.05) is 6.42 Å². The molecule has 0 aliphatic heterocycles. The van der Waals surface area contributed by atoms with Crippen molar-refractivity contribution < 1.29 is 14.3 Å². The van der Waals surface area contributed by atoms with Gasteiger partial charge >= 0.3 is 0 Å². The summed E-state index contributed by atoms with van der Waals surface area (Å²) < 4.78 is 5.33. The zero-order chi connectivity index (χ0) is 15.2. The smallest absolute Gasteiger partial charge is 0.199 e. The number of ketones is 1. The molecule has 0 bridgehead atoms. The maximum atomic E-state index is 11.1. The second kappa shape index (κ2) is 6.84. The van der Waals surface area contributed by atoms with Crippen molar-refractivity contribution >= 4 is 12.1 Å². The SMILES string of the molecule is CCc1cc(-c2ccc(CC(=O)C=O)cc2)ccc1OC. The highest BCUT2D eigenvalue weighted by molar-refractivity contribution is 6.25. The summed E-state index contributed by atoms with van der Waals surface area (Å²) in [5.41, 5.74) is 4.20. The highest BCUT2D eigenvalue weighted by Crippen LogP contribution is 2.27. The van der Waals surface area contributed by atoms with E-state index in [2.05, 4.69) is 13.0 Å². The number of aldehydes is 1. The minimum Gasteiger partial charge on any atom is -0.496 e.